The lowest BCUT2D eigenvalue weighted by molar-refractivity contribution is -0.151. The number of carbonyl (C=O) groups is 12. The predicted molar refractivity (Wildman–Crippen MR) is 306 cm³/mol. The molecular formula is C59H82O25. The fourth-order valence-electron chi connectivity index (χ4n) is 3.73. The Hall–Kier alpha value is -9.52. The number of rotatable bonds is 38. The van der Waals surface area contributed by atoms with Crippen molar-refractivity contribution in [2.75, 3.05) is 79.3 Å². The Morgan fingerprint density at radius 1 is 0.298 bits per heavy atom. The first kappa shape index (κ1) is 85.8. The number of unbranched alkanes of at least 4 members (excludes halogenated alkanes) is 1. The van der Waals surface area contributed by atoms with Crippen LogP contribution < -0.4 is 0 Å². The molecule has 468 valence electrons. The van der Waals surface area contributed by atoms with Crippen molar-refractivity contribution in [1.82, 2.24) is 0 Å². The Kier molecular flexibility index (Phi) is 62.4. The van der Waals surface area contributed by atoms with Gasteiger partial charge in [0.05, 0.1) is 59.5 Å². The molecule has 0 N–H and O–H groups in total. The van der Waals surface area contributed by atoms with Gasteiger partial charge < -0.3 is 61.6 Å². The summed E-state index contributed by atoms with van der Waals surface area (Å²) in [6, 6.07) is 0. The van der Waals surface area contributed by atoms with Gasteiger partial charge in [0.25, 0.3) is 0 Å². The van der Waals surface area contributed by atoms with E-state index in [2.05, 4.69) is 103 Å². The van der Waals surface area contributed by atoms with E-state index < -0.39 is 83.2 Å². The highest BCUT2D eigenvalue weighted by Gasteiger charge is 2.22. The van der Waals surface area contributed by atoms with E-state index in [1.165, 1.54) is 0 Å². The minimum Gasteiger partial charge on any atom is -0.463 e. The third-order valence-corrected chi connectivity index (χ3v) is 7.82. The maximum Gasteiger partial charge on any atom is 0.330 e. The van der Waals surface area contributed by atoms with Crippen molar-refractivity contribution in [3.8, 4) is 0 Å². The highest BCUT2D eigenvalue weighted by Crippen LogP contribution is 2.16. The molecule has 25 nitrogen and oxygen atoms in total. The van der Waals surface area contributed by atoms with Crippen LogP contribution in [-0.2, 0) is 119 Å². The van der Waals surface area contributed by atoms with E-state index in [1.807, 2.05) is 13.8 Å². The van der Waals surface area contributed by atoms with Gasteiger partial charge in [-0.1, -0.05) is 92.8 Å². The zero-order chi connectivity index (χ0) is 65.6. The summed E-state index contributed by atoms with van der Waals surface area (Å²) >= 11 is 0. The van der Waals surface area contributed by atoms with Crippen LogP contribution in [0.15, 0.2) is 152 Å². The first-order valence-corrected chi connectivity index (χ1v) is 24.9. The molecule has 0 radical (unpaired) electrons. The van der Waals surface area contributed by atoms with Crippen molar-refractivity contribution >= 4 is 71.6 Å². The molecule has 0 aliphatic heterocycles. The van der Waals surface area contributed by atoms with Crippen LogP contribution in [0.25, 0.3) is 0 Å². The van der Waals surface area contributed by atoms with Crippen LogP contribution in [0.5, 0.6) is 0 Å². The van der Waals surface area contributed by atoms with E-state index in [1.54, 1.807) is 13.8 Å². The molecule has 0 fully saturated rings. The van der Waals surface area contributed by atoms with Gasteiger partial charge in [0.15, 0.2) is 0 Å². The van der Waals surface area contributed by atoms with Gasteiger partial charge in [0.1, 0.15) is 32.0 Å². The molecule has 0 aromatic heterocycles. The molecule has 0 saturated heterocycles. The zero-order valence-corrected chi connectivity index (χ0v) is 48.6. The van der Waals surface area contributed by atoms with Gasteiger partial charge in [-0.3, -0.25) is 0 Å². The van der Waals surface area contributed by atoms with Crippen LogP contribution in [0.4, 0.5) is 0 Å². The number of hydrogen-bond donors (Lipinski definition) is 0. The Balaban J connectivity index is -0.000000217. The normalized spacial score (nSPS) is 9.86. The summed E-state index contributed by atoms with van der Waals surface area (Å²) < 4.78 is 61.5. The number of carbonyl (C=O) groups excluding carboxylic acids is 12. The molecule has 0 spiro atoms. The van der Waals surface area contributed by atoms with Gasteiger partial charge in [0.2, 0.25) is 0 Å². The summed E-state index contributed by atoms with van der Waals surface area (Å²) in [5, 5.41) is 0. The first-order chi connectivity index (χ1) is 39.7. The average molecular weight is 1190 g/mol. The maximum absolute atomic E-state index is 10.8. The molecule has 25 heteroatoms. The lowest BCUT2D eigenvalue weighted by Crippen LogP contribution is -2.27. The van der Waals surface area contributed by atoms with Crippen molar-refractivity contribution in [2.45, 2.75) is 65.6 Å². The quantitative estimate of drug-likeness (QED) is 0.0294. The number of hydrogen-bond acceptors (Lipinski definition) is 25. The van der Waals surface area contributed by atoms with E-state index in [0.29, 0.717) is 38.9 Å². The summed E-state index contributed by atoms with van der Waals surface area (Å²) in [4.78, 5) is 127. The number of esters is 12. The third kappa shape index (κ3) is 70.5. The molecule has 0 aliphatic rings. The Morgan fingerprint density at radius 2 is 0.536 bits per heavy atom. The van der Waals surface area contributed by atoms with E-state index in [9.17, 15) is 57.5 Å². The molecule has 0 rings (SSSR count). The predicted octanol–water partition coefficient (Wildman–Crippen LogP) is 6.05. The van der Waals surface area contributed by atoms with Crippen LogP contribution in [-0.4, -0.2) is 163 Å². The van der Waals surface area contributed by atoms with Gasteiger partial charge >= 0.3 is 71.6 Å². The fourth-order valence-corrected chi connectivity index (χ4v) is 3.73. The Bertz CT molecular complexity index is 2050. The van der Waals surface area contributed by atoms with Gasteiger partial charge in [-0.25, -0.2) is 57.5 Å². The smallest absolute Gasteiger partial charge is 0.330 e. The Morgan fingerprint density at radius 3 is 0.833 bits per heavy atom. The molecule has 0 heterocycles. The summed E-state index contributed by atoms with van der Waals surface area (Å²) in [6.45, 7) is 48.3. The van der Waals surface area contributed by atoms with Crippen molar-refractivity contribution in [3.05, 3.63) is 152 Å². The third-order valence-electron chi connectivity index (χ3n) is 7.82. The summed E-state index contributed by atoms with van der Waals surface area (Å²) in [7, 11) is 0. The van der Waals surface area contributed by atoms with Crippen LogP contribution >= 0.6 is 0 Å². The highest BCUT2D eigenvalue weighted by atomic mass is 16.6. The molecule has 0 amide bonds. The van der Waals surface area contributed by atoms with Crippen molar-refractivity contribution in [2.24, 2.45) is 5.41 Å². The second-order valence-electron chi connectivity index (χ2n) is 15.6. The maximum atomic E-state index is 10.8. The molecule has 2 unspecified atom stereocenters. The molecule has 84 heavy (non-hydrogen) atoms. The van der Waals surface area contributed by atoms with Gasteiger partial charge in [-0.2, -0.15) is 0 Å². The molecule has 0 saturated carbocycles. The highest BCUT2D eigenvalue weighted by molar-refractivity contribution is 5.85. The van der Waals surface area contributed by atoms with Crippen molar-refractivity contribution in [3.63, 3.8) is 0 Å². The van der Waals surface area contributed by atoms with Crippen LogP contribution in [0.2, 0.25) is 0 Å². The molecule has 0 aliphatic carbocycles. The molecule has 2 atom stereocenters. The SMILES string of the molecule is C=CC(=O)OCC(C)(C)COC(=O)C=C.C=CC(=O)OCC(C)OC(=O)C=C.C=CC(=O)OCCC(C)OC(=O)C=C.C=CC(=O)OCCCCOC(=O)C=C.C=CC(=O)OCCCOC(=O)C=C.C=CC(=O)OCCOCCOC(=O)C=C. The van der Waals surface area contributed by atoms with E-state index in [0.717, 1.165) is 72.9 Å². The molecule has 0 bridgehead atoms. The lowest BCUT2D eigenvalue weighted by atomic mass is 9.96. The van der Waals surface area contributed by atoms with Gasteiger partial charge in [0, 0.05) is 91.2 Å². The minimum atomic E-state index is -0.540. The van der Waals surface area contributed by atoms with E-state index in [-0.39, 0.29) is 72.2 Å². The number of ether oxygens (including phenoxy) is 13. The zero-order valence-electron chi connectivity index (χ0n) is 48.6. The summed E-state index contributed by atoms with van der Waals surface area (Å²) in [5.74, 6) is -5.82. The summed E-state index contributed by atoms with van der Waals surface area (Å²) in [6.07, 6.45) is 14.4. The fraction of sp³-hybridized carbons (Fsp3) is 0.390. The lowest BCUT2D eigenvalue weighted by Gasteiger charge is -2.22. The summed E-state index contributed by atoms with van der Waals surface area (Å²) in [5.41, 5.74) is -0.419. The Labute approximate surface area is 491 Å². The van der Waals surface area contributed by atoms with E-state index >= 15 is 0 Å². The molecular weight excluding hydrogens is 1110 g/mol. The van der Waals surface area contributed by atoms with Gasteiger partial charge in [-0.05, 0) is 26.7 Å². The van der Waals surface area contributed by atoms with Crippen molar-refractivity contribution < 1.29 is 119 Å². The largest absolute Gasteiger partial charge is 0.463 e. The second-order valence-corrected chi connectivity index (χ2v) is 15.6. The van der Waals surface area contributed by atoms with Crippen LogP contribution in [0, 0.1) is 5.41 Å². The van der Waals surface area contributed by atoms with Crippen LogP contribution in [0.3, 0.4) is 0 Å². The topological polar surface area (TPSA) is 325 Å². The van der Waals surface area contributed by atoms with Crippen molar-refractivity contribution in [1.29, 1.82) is 0 Å². The van der Waals surface area contributed by atoms with E-state index in [4.69, 9.17) is 37.9 Å². The standard InChI is InChI=1S/C11H16O4.C10H14O5.2C10H14O4.2C9H12O4/c1-5-9(12)14-7-11(3,4)8-15-10(13)6-2;1-3-9(11)14-7-5-13-6-8-15-10(12)4-2;1-4-9(11)13-7-6-8(3)14-10(12)5-2;1-3-9(11)13-7-5-6-8-14-10(12)4-2;1-4-8(10)12-6-7(3)13-9(11)5-2;1-3-8(10)12-6-5-7-13-9(11)4-2/h5-6H,1-2,7-8H2,3-4H3;3-4H,1-2,5-8H2;4-5,8H,1-2,6-7H2,3H3;3-4H,1-2,5-8H2;4-5,7H,1-2,6H2,3H3;3-4H,1-2,5-7H2. The minimum absolute atomic E-state index is 0.0183. The molecule has 0 aromatic carbocycles. The monoisotopic (exact) mass is 1190 g/mol. The van der Waals surface area contributed by atoms with Crippen LogP contribution in [0.1, 0.15) is 53.4 Å². The van der Waals surface area contributed by atoms with Gasteiger partial charge in [-0.15, -0.1) is 0 Å². The first-order valence-electron chi connectivity index (χ1n) is 24.9. The molecule has 0 aromatic rings. The average Bonchev–Trinajstić information content (AvgIpc) is 3.49. The second kappa shape index (κ2) is 61.1.